The first-order valence-corrected chi connectivity index (χ1v) is 9.32. The van der Waals surface area contributed by atoms with Crippen LogP contribution in [0.3, 0.4) is 0 Å². The van der Waals surface area contributed by atoms with Gasteiger partial charge in [0.15, 0.2) is 0 Å². The Morgan fingerprint density at radius 1 is 1.04 bits per heavy atom. The topological polar surface area (TPSA) is 52.7 Å². The molecule has 2 aromatic rings. The zero-order valence-corrected chi connectivity index (χ0v) is 15.0. The second-order valence-corrected chi connectivity index (χ2v) is 7.12. The highest BCUT2D eigenvalue weighted by Gasteiger charge is 2.35. The Balaban J connectivity index is 1.39. The van der Waals surface area contributed by atoms with Crippen LogP contribution in [0, 0.1) is 11.7 Å². The van der Waals surface area contributed by atoms with E-state index in [1.54, 1.807) is 12.1 Å². The number of hydrogen-bond acceptors (Lipinski definition) is 3. The number of carbonyl (C=O) groups excluding carboxylic acids is 2. The number of carbonyl (C=O) groups is 2. The summed E-state index contributed by atoms with van der Waals surface area (Å²) in [5, 5.41) is 2.90. The van der Waals surface area contributed by atoms with Gasteiger partial charge in [-0.25, -0.2) is 4.39 Å². The van der Waals surface area contributed by atoms with Gasteiger partial charge in [-0.3, -0.25) is 9.59 Å². The molecule has 0 bridgehead atoms. The Hall–Kier alpha value is -2.89. The number of amides is 2. The van der Waals surface area contributed by atoms with Crippen LogP contribution in [-0.2, 0) is 9.59 Å². The molecular weight excluding hydrogens is 345 g/mol. The van der Waals surface area contributed by atoms with Crippen molar-refractivity contribution in [1.29, 1.82) is 0 Å². The molecule has 1 N–H and O–H groups in total. The first-order chi connectivity index (χ1) is 13.1. The lowest BCUT2D eigenvalue weighted by Crippen LogP contribution is -2.28. The molecule has 2 fully saturated rings. The summed E-state index contributed by atoms with van der Waals surface area (Å²) < 4.78 is 13.4. The van der Waals surface area contributed by atoms with Gasteiger partial charge < -0.3 is 15.1 Å². The van der Waals surface area contributed by atoms with Crippen molar-refractivity contribution in [1.82, 2.24) is 0 Å². The normalized spacial score (nSPS) is 19.6. The number of rotatable bonds is 4. The first-order valence-electron chi connectivity index (χ1n) is 9.32. The molecular formula is C21H22FN3O2. The molecule has 2 aromatic carbocycles. The molecule has 0 saturated carbocycles. The zero-order chi connectivity index (χ0) is 18.8. The van der Waals surface area contributed by atoms with E-state index in [0.717, 1.165) is 18.8 Å². The van der Waals surface area contributed by atoms with Crippen molar-refractivity contribution in [2.24, 2.45) is 5.92 Å². The molecule has 5 nitrogen and oxygen atoms in total. The van der Waals surface area contributed by atoms with Gasteiger partial charge in [-0.1, -0.05) is 6.07 Å². The molecule has 1 atom stereocenters. The zero-order valence-electron chi connectivity index (χ0n) is 15.0. The Morgan fingerprint density at radius 2 is 1.78 bits per heavy atom. The van der Waals surface area contributed by atoms with Crippen LogP contribution in [-0.4, -0.2) is 31.4 Å². The van der Waals surface area contributed by atoms with E-state index < -0.39 is 11.7 Å². The van der Waals surface area contributed by atoms with Crippen LogP contribution in [0.2, 0.25) is 0 Å². The largest absolute Gasteiger partial charge is 0.372 e. The highest BCUT2D eigenvalue weighted by atomic mass is 19.1. The van der Waals surface area contributed by atoms with Crippen LogP contribution >= 0.6 is 0 Å². The fraction of sp³-hybridized carbons (Fsp3) is 0.333. The summed E-state index contributed by atoms with van der Waals surface area (Å²) in [4.78, 5) is 28.6. The summed E-state index contributed by atoms with van der Waals surface area (Å²) in [7, 11) is 0. The molecule has 2 amide bonds. The number of nitrogens with one attached hydrogen (secondary N) is 1. The van der Waals surface area contributed by atoms with Gasteiger partial charge in [0.1, 0.15) is 5.82 Å². The minimum atomic E-state index is -0.445. The van der Waals surface area contributed by atoms with E-state index in [4.69, 9.17) is 0 Å². The highest BCUT2D eigenvalue weighted by Crippen LogP contribution is 2.27. The minimum Gasteiger partial charge on any atom is -0.372 e. The number of benzene rings is 2. The van der Waals surface area contributed by atoms with Gasteiger partial charge in [-0.15, -0.1) is 0 Å². The second-order valence-electron chi connectivity index (χ2n) is 7.12. The lowest BCUT2D eigenvalue weighted by molar-refractivity contribution is -0.122. The van der Waals surface area contributed by atoms with E-state index >= 15 is 0 Å². The van der Waals surface area contributed by atoms with Crippen molar-refractivity contribution < 1.29 is 14.0 Å². The van der Waals surface area contributed by atoms with Crippen LogP contribution in [0.1, 0.15) is 19.3 Å². The van der Waals surface area contributed by atoms with E-state index in [0.29, 0.717) is 5.69 Å². The van der Waals surface area contributed by atoms with Crippen molar-refractivity contribution in [3.05, 3.63) is 54.3 Å². The van der Waals surface area contributed by atoms with Gasteiger partial charge in [0.05, 0.1) is 5.92 Å². The van der Waals surface area contributed by atoms with Crippen LogP contribution in [0.5, 0.6) is 0 Å². The van der Waals surface area contributed by atoms with Crippen LogP contribution < -0.4 is 15.1 Å². The highest BCUT2D eigenvalue weighted by molar-refractivity contribution is 6.03. The van der Waals surface area contributed by atoms with Gasteiger partial charge in [0.25, 0.3) is 0 Å². The summed E-state index contributed by atoms with van der Waals surface area (Å²) in [6.07, 6.45) is 2.57. The van der Waals surface area contributed by atoms with E-state index in [-0.39, 0.29) is 24.8 Å². The molecule has 6 heteroatoms. The summed E-state index contributed by atoms with van der Waals surface area (Å²) in [5.74, 6) is -1.19. The Kier molecular flexibility index (Phi) is 4.79. The molecule has 2 aliphatic heterocycles. The van der Waals surface area contributed by atoms with Crippen molar-refractivity contribution in [2.45, 2.75) is 19.3 Å². The lowest BCUT2D eigenvalue weighted by Gasteiger charge is -2.18. The SMILES string of the molecule is O=C(Nc1ccc(N2CCCC2)cc1)C1CC(=O)N(c2cccc(F)c2)C1. The summed E-state index contributed by atoms with van der Waals surface area (Å²) in [6, 6.07) is 13.7. The smallest absolute Gasteiger partial charge is 0.229 e. The maximum Gasteiger partial charge on any atom is 0.229 e. The Bertz CT molecular complexity index is 847. The molecule has 0 aromatic heterocycles. The van der Waals surface area contributed by atoms with Crippen LogP contribution in [0.15, 0.2) is 48.5 Å². The van der Waals surface area contributed by atoms with E-state index in [1.165, 1.54) is 35.6 Å². The van der Waals surface area contributed by atoms with E-state index in [1.807, 2.05) is 24.3 Å². The summed E-state index contributed by atoms with van der Waals surface area (Å²) in [5.41, 5.74) is 2.38. The van der Waals surface area contributed by atoms with Gasteiger partial charge in [0, 0.05) is 43.1 Å². The Morgan fingerprint density at radius 3 is 2.48 bits per heavy atom. The molecule has 2 heterocycles. The van der Waals surface area contributed by atoms with Crippen molar-refractivity contribution in [3.8, 4) is 0 Å². The molecule has 2 aliphatic rings. The minimum absolute atomic E-state index is 0.133. The molecule has 2 saturated heterocycles. The maximum atomic E-state index is 13.4. The third-order valence-corrected chi connectivity index (χ3v) is 5.22. The quantitative estimate of drug-likeness (QED) is 0.901. The molecule has 0 aliphatic carbocycles. The van der Waals surface area contributed by atoms with E-state index in [9.17, 15) is 14.0 Å². The molecule has 0 radical (unpaired) electrons. The number of halogens is 1. The Labute approximate surface area is 157 Å². The predicted molar refractivity (Wildman–Crippen MR) is 103 cm³/mol. The van der Waals surface area contributed by atoms with Crippen molar-refractivity contribution >= 4 is 28.9 Å². The van der Waals surface area contributed by atoms with Gasteiger partial charge in [-0.05, 0) is 55.3 Å². The van der Waals surface area contributed by atoms with Crippen LogP contribution in [0.25, 0.3) is 0 Å². The molecule has 1 unspecified atom stereocenters. The van der Waals surface area contributed by atoms with Gasteiger partial charge >= 0.3 is 0 Å². The number of nitrogens with zero attached hydrogens (tertiary/aromatic N) is 2. The standard InChI is InChI=1S/C21H22FN3O2/c22-16-4-3-5-19(13-16)25-14-15(12-20(25)26)21(27)23-17-6-8-18(9-7-17)24-10-1-2-11-24/h3-9,13,15H,1-2,10-12,14H2,(H,23,27). The predicted octanol–water partition coefficient (Wildman–Crippen LogP) is 3.42. The number of hydrogen-bond donors (Lipinski definition) is 1. The third kappa shape index (κ3) is 3.79. The average Bonchev–Trinajstić information content (AvgIpc) is 3.32. The molecule has 4 rings (SSSR count). The van der Waals surface area contributed by atoms with Gasteiger partial charge in [0.2, 0.25) is 11.8 Å². The lowest BCUT2D eigenvalue weighted by atomic mass is 10.1. The van der Waals surface area contributed by atoms with E-state index in [2.05, 4.69) is 10.2 Å². The van der Waals surface area contributed by atoms with Crippen molar-refractivity contribution in [2.75, 3.05) is 34.8 Å². The molecule has 140 valence electrons. The monoisotopic (exact) mass is 367 g/mol. The fourth-order valence-electron chi connectivity index (χ4n) is 3.75. The molecule has 27 heavy (non-hydrogen) atoms. The van der Waals surface area contributed by atoms with Crippen molar-refractivity contribution in [3.63, 3.8) is 0 Å². The fourth-order valence-corrected chi connectivity index (χ4v) is 3.75. The van der Waals surface area contributed by atoms with Crippen LogP contribution in [0.4, 0.5) is 21.5 Å². The first kappa shape index (κ1) is 17.5. The third-order valence-electron chi connectivity index (χ3n) is 5.22. The summed E-state index contributed by atoms with van der Waals surface area (Å²) >= 11 is 0. The average molecular weight is 367 g/mol. The summed E-state index contributed by atoms with van der Waals surface area (Å²) in [6.45, 7) is 2.41. The molecule has 0 spiro atoms. The maximum absolute atomic E-state index is 13.4. The second kappa shape index (κ2) is 7.39. The number of anilines is 3. The van der Waals surface area contributed by atoms with Gasteiger partial charge in [-0.2, -0.15) is 0 Å².